The van der Waals surface area contributed by atoms with Crippen molar-refractivity contribution in [1.82, 2.24) is 4.98 Å². The van der Waals surface area contributed by atoms with Crippen molar-refractivity contribution in [2.24, 2.45) is 0 Å². The second kappa shape index (κ2) is 8.66. The number of anilines is 1. The Morgan fingerprint density at radius 1 is 1.18 bits per heavy atom. The van der Waals surface area contributed by atoms with E-state index in [0.29, 0.717) is 20.7 Å². The molecule has 0 aliphatic rings. The van der Waals surface area contributed by atoms with Gasteiger partial charge in [-0.2, -0.15) is 4.98 Å². The molecule has 148 valence electrons. The lowest BCUT2D eigenvalue weighted by molar-refractivity contribution is 0.0770. The highest BCUT2D eigenvalue weighted by atomic mass is 35.5. The van der Waals surface area contributed by atoms with Crippen LogP contribution in [-0.2, 0) is 11.0 Å². The average molecular weight is 431 g/mol. The molecule has 0 fully saturated rings. The van der Waals surface area contributed by atoms with Gasteiger partial charge >= 0.3 is 0 Å². The number of fused-ring (bicyclic) bond motifs is 1. The number of hydrogen-bond acceptors (Lipinski definition) is 4. The Kier molecular flexibility index (Phi) is 6.25. The zero-order valence-electron chi connectivity index (χ0n) is 14.4. The van der Waals surface area contributed by atoms with E-state index in [0.717, 1.165) is 6.07 Å². The lowest BCUT2D eigenvalue weighted by Crippen LogP contribution is -2.12. The van der Waals surface area contributed by atoms with Gasteiger partial charge in [-0.15, -0.1) is 0 Å². The van der Waals surface area contributed by atoms with Gasteiger partial charge in [0.05, 0.1) is 12.0 Å². The van der Waals surface area contributed by atoms with Crippen molar-refractivity contribution in [3.8, 4) is 11.8 Å². The summed E-state index contributed by atoms with van der Waals surface area (Å²) in [7, 11) is -0.558. The molecule has 1 aromatic heterocycles. The minimum Gasteiger partial charge on any atom is -0.479 e. The minimum atomic E-state index is -2.78. The van der Waals surface area contributed by atoms with Crippen molar-refractivity contribution < 1.29 is 26.9 Å². The van der Waals surface area contributed by atoms with Crippen molar-refractivity contribution in [3.63, 3.8) is 0 Å². The summed E-state index contributed by atoms with van der Waals surface area (Å²) in [6.07, 6.45) is -2.78. The van der Waals surface area contributed by atoms with Gasteiger partial charge in [0.25, 0.3) is 12.3 Å². The molecule has 10 heteroatoms. The molecule has 0 amide bonds. The molecule has 0 saturated carbocycles. The zero-order valence-corrected chi connectivity index (χ0v) is 16.0. The van der Waals surface area contributed by atoms with Crippen LogP contribution >= 0.6 is 11.6 Å². The highest BCUT2D eigenvalue weighted by Crippen LogP contribution is 2.32. The molecular formula is C18H14ClF3N2O3S. The number of benzene rings is 2. The summed E-state index contributed by atoms with van der Waals surface area (Å²) in [5.41, 5.74) is -0.0261. The fourth-order valence-corrected chi connectivity index (χ4v) is 3.76. The van der Waals surface area contributed by atoms with Crippen LogP contribution in [0, 0.1) is 5.82 Å². The van der Waals surface area contributed by atoms with Gasteiger partial charge in [-0.3, -0.25) is 4.72 Å². The first kappa shape index (κ1) is 20.2. The van der Waals surface area contributed by atoms with Gasteiger partial charge in [0, 0.05) is 21.9 Å². The number of nitrogens with zero attached hydrogens (tertiary/aromatic N) is 1. The fourth-order valence-electron chi connectivity index (χ4n) is 2.49. The third-order valence-corrected chi connectivity index (χ3v) is 5.17. The molecule has 1 N–H and O–H groups in total. The van der Waals surface area contributed by atoms with E-state index >= 15 is 0 Å². The standard InChI is InChI=1S/C18H14ClF3N2O3S/c1-26-18-14(8-13(20)17(23-18)27-9-16(21)22)24-28(25)15-7-3-4-10-11(15)5-2-6-12(10)19/h2-8,16,24H,9H2,1H3. The van der Waals surface area contributed by atoms with E-state index in [1.165, 1.54) is 7.11 Å². The molecule has 5 nitrogen and oxygen atoms in total. The molecule has 28 heavy (non-hydrogen) atoms. The highest BCUT2D eigenvalue weighted by Gasteiger charge is 2.18. The van der Waals surface area contributed by atoms with Gasteiger partial charge < -0.3 is 9.47 Å². The molecule has 0 radical (unpaired) electrons. The number of pyridine rings is 1. The van der Waals surface area contributed by atoms with Crippen molar-refractivity contribution in [2.45, 2.75) is 11.3 Å². The van der Waals surface area contributed by atoms with Crippen LogP contribution in [0.4, 0.5) is 18.9 Å². The van der Waals surface area contributed by atoms with Gasteiger partial charge in [-0.05, 0) is 12.1 Å². The monoisotopic (exact) mass is 430 g/mol. The second-order valence-corrected chi connectivity index (χ2v) is 7.08. The molecule has 0 aliphatic carbocycles. The number of alkyl halides is 2. The fraction of sp³-hybridized carbons (Fsp3) is 0.167. The third-order valence-electron chi connectivity index (χ3n) is 3.68. The molecular weight excluding hydrogens is 417 g/mol. The summed E-state index contributed by atoms with van der Waals surface area (Å²) < 4.78 is 63.8. The molecule has 3 rings (SSSR count). The third kappa shape index (κ3) is 4.31. The Morgan fingerprint density at radius 3 is 2.61 bits per heavy atom. The lowest BCUT2D eigenvalue weighted by Gasteiger charge is -2.13. The molecule has 0 spiro atoms. The summed E-state index contributed by atoms with van der Waals surface area (Å²) in [4.78, 5) is 4.13. The van der Waals surface area contributed by atoms with E-state index in [4.69, 9.17) is 16.3 Å². The lowest BCUT2D eigenvalue weighted by atomic mass is 10.1. The molecule has 0 bridgehead atoms. The Labute approximate surface area is 166 Å². The van der Waals surface area contributed by atoms with E-state index in [1.54, 1.807) is 36.4 Å². The van der Waals surface area contributed by atoms with Crippen LogP contribution in [0.3, 0.4) is 0 Å². The van der Waals surface area contributed by atoms with Crippen LogP contribution in [0.25, 0.3) is 10.8 Å². The zero-order chi connectivity index (χ0) is 20.3. The highest BCUT2D eigenvalue weighted by molar-refractivity contribution is 7.86. The van der Waals surface area contributed by atoms with E-state index in [9.17, 15) is 17.4 Å². The molecule has 1 heterocycles. The molecule has 1 unspecified atom stereocenters. The van der Waals surface area contributed by atoms with Crippen molar-refractivity contribution >= 4 is 39.0 Å². The summed E-state index contributed by atoms with van der Waals surface area (Å²) in [5.74, 6) is -1.79. The van der Waals surface area contributed by atoms with Gasteiger partial charge in [0.1, 0.15) is 5.69 Å². The Bertz CT molecular complexity index is 1040. The number of ether oxygens (including phenoxy) is 2. The SMILES string of the molecule is COc1nc(OCC(F)F)c(F)cc1NS(=O)c1cccc2c(Cl)cccc12. The minimum absolute atomic E-state index is 0.0261. The maximum absolute atomic E-state index is 14.1. The first-order chi connectivity index (χ1) is 13.4. The van der Waals surface area contributed by atoms with Crippen LogP contribution in [0.15, 0.2) is 47.4 Å². The Morgan fingerprint density at radius 2 is 1.89 bits per heavy atom. The second-order valence-electron chi connectivity index (χ2n) is 5.50. The van der Waals surface area contributed by atoms with Crippen molar-refractivity contribution in [1.29, 1.82) is 0 Å². The van der Waals surface area contributed by atoms with Crippen LogP contribution in [0.5, 0.6) is 11.8 Å². The summed E-state index contributed by atoms with van der Waals surface area (Å²) in [6, 6.07) is 11.2. The largest absolute Gasteiger partial charge is 0.479 e. The van der Waals surface area contributed by atoms with Crippen LogP contribution in [0.2, 0.25) is 5.02 Å². The quantitative estimate of drug-likeness (QED) is 0.584. The van der Waals surface area contributed by atoms with Crippen molar-refractivity contribution in [3.05, 3.63) is 53.3 Å². The number of halogens is 4. The van der Waals surface area contributed by atoms with E-state index < -0.39 is 35.7 Å². The number of nitrogens with one attached hydrogen (secondary N) is 1. The summed E-state index contributed by atoms with van der Waals surface area (Å²) in [6.45, 7) is -1.01. The van der Waals surface area contributed by atoms with Gasteiger partial charge in [0.2, 0.25) is 5.88 Å². The maximum atomic E-state index is 14.1. The number of aromatic nitrogens is 1. The summed E-state index contributed by atoms with van der Waals surface area (Å²) >= 11 is 6.17. The van der Waals surface area contributed by atoms with Gasteiger partial charge in [-0.1, -0.05) is 35.9 Å². The first-order valence-corrected chi connectivity index (χ1v) is 9.44. The normalized spacial score (nSPS) is 12.2. The predicted octanol–water partition coefficient (Wildman–Crippen LogP) is 4.81. The van der Waals surface area contributed by atoms with Crippen LogP contribution < -0.4 is 14.2 Å². The average Bonchev–Trinajstić information content (AvgIpc) is 2.67. The van der Waals surface area contributed by atoms with Gasteiger partial charge in [-0.25, -0.2) is 17.4 Å². The molecule has 0 saturated heterocycles. The molecule has 1 atom stereocenters. The van der Waals surface area contributed by atoms with Gasteiger partial charge in [0.15, 0.2) is 23.4 Å². The molecule has 0 aliphatic heterocycles. The van der Waals surface area contributed by atoms with Crippen LogP contribution in [-0.4, -0.2) is 29.3 Å². The Hall–Kier alpha value is -2.52. The van der Waals surface area contributed by atoms with Crippen molar-refractivity contribution in [2.75, 3.05) is 18.4 Å². The number of methoxy groups -OCH3 is 1. The van der Waals surface area contributed by atoms with Crippen LogP contribution in [0.1, 0.15) is 0 Å². The van der Waals surface area contributed by atoms with E-state index in [1.807, 2.05) is 0 Å². The topological polar surface area (TPSA) is 60.5 Å². The number of rotatable bonds is 7. The summed E-state index contributed by atoms with van der Waals surface area (Å²) in [5, 5.41) is 1.87. The predicted molar refractivity (Wildman–Crippen MR) is 101 cm³/mol. The number of hydrogen-bond donors (Lipinski definition) is 1. The van der Waals surface area contributed by atoms with E-state index in [-0.39, 0.29) is 11.6 Å². The molecule has 2 aromatic carbocycles. The first-order valence-electron chi connectivity index (χ1n) is 7.92. The Balaban J connectivity index is 1.92. The molecule has 3 aromatic rings. The van der Waals surface area contributed by atoms with E-state index in [2.05, 4.69) is 14.4 Å². The maximum Gasteiger partial charge on any atom is 0.272 e. The smallest absolute Gasteiger partial charge is 0.272 e.